The lowest BCUT2D eigenvalue weighted by molar-refractivity contribution is -0.161. The van der Waals surface area contributed by atoms with Gasteiger partial charge < -0.3 is 14.2 Å². The van der Waals surface area contributed by atoms with E-state index in [9.17, 15) is 14.4 Å². The van der Waals surface area contributed by atoms with E-state index in [1.165, 1.54) is 6.92 Å². The highest BCUT2D eigenvalue weighted by molar-refractivity contribution is 6.30. The lowest BCUT2D eigenvalue weighted by atomic mass is 9.93. The maximum absolute atomic E-state index is 14.2. The van der Waals surface area contributed by atoms with E-state index in [2.05, 4.69) is 5.43 Å². The minimum atomic E-state index is -1.08. The summed E-state index contributed by atoms with van der Waals surface area (Å²) >= 11 is 6.50. The number of nitrogens with one attached hydrogen (secondary N) is 1. The van der Waals surface area contributed by atoms with E-state index >= 15 is 0 Å². The zero-order valence-electron chi connectivity index (χ0n) is 24.1. The van der Waals surface area contributed by atoms with Crippen LogP contribution in [0.5, 0.6) is 5.75 Å². The van der Waals surface area contributed by atoms with Crippen molar-refractivity contribution in [2.24, 2.45) is 5.41 Å². The molecule has 8 nitrogen and oxygen atoms in total. The van der Waals surface area contributed by atoms with Gasteiger partial charge in [-0.15, -0.1) is 10.0 Å². The van der Waals surface area contributed by atoms with Crippen molar-refractivity contribution in [3.8, 4) is 5.75 Å². The minimum Gasteiger partial charge on any atom is -0.496 e. The third kappa shape index (κ3) is 7.45. The number of para-hydroxylation sites is 1. The third-order valence-corrected chi connectivity index (χ3v) is 6.41. The lowest BCUT2D eigenvalue weighted by Gasteiger charge is -2.41. The number of quaternary nitrogens is 1. The van der Waals surface area contributed by atoms with Gasteiger partial charge in [0.1, 0.15) is 29.8 Å². The van der Waals surface area contributed by atoms with Crippen molar-refractivity contribution in [1.82, 2.24) is 10.0 Å². The van der Waals surface area contributed by atoms with Gasteiger partial charge in [-0.25, -0.2) is 4.79 Å². The smallest absolute Gasteiger partial charge is 0.363 e. The molecule has 2 aromatic carbocycles. The van der Waals surface area contributed by atoms with Crippen LogP contribution >= 0.6 is 11.6 Å². The van der Waals surface area contributed by atoms with Gasteiger partial charge in [-0.2, -0.15) is 0 Å². The standard InChI is InChI=1S/C30H40ClN2O6/c1-19(34)15-23(28(36)39-30(5,6)7)32-33(18-29(2,3)4)24-14-13-20(31)16-22(24)27(38-17-26(33)35)21-11-9-10-12-25(21)37-8/h9-14,16,23,27,32H,15,17-18H2,1-8H3/q+1/t23-,27-,33?/m0/s1. The number of benzene rings is 2. The van der Waals surface area contributed by atoms with Gasteiger partial charge in [-0.1, -0.05) is 50.6 Å². The fourth-order valence-corrected chi connectivity index (χ4v) is 5.07. The average molecular weight is 560 g/mol. The van der Waals surface area contributed by atoms with E-state index in [4.69, 9.17) is 25.8 Å². The van der Waals surface area contributed by atoms with Crippen molar-refractivity contribution in [3.05, 3.63) is 58.6 Å². The number of ketones is 1. The summed E-state index contributed by atoms with van der Waals surface area (Å²) in [6.07, 6.45) is -0.820. The Morgan fingerprint density at radius 3 is 2.36 bits per heavy atom. The van der Waals surface area contributed by atoms with Gasteiger partial charge in [-0.05, 0) is 45.9 Å². The Labute approximate surface area is 236 Å². The number of nitrogens with zero attached hydrogens (tertiary/aromatic N) is 1. The molecule has 1 aliphatic rings. The van der Waals surface area contributed by atoms with Crippen LogP contribution in [0.1, 0.15) is 72.1 Å². The van der Waals surface area contributed by atoms with E-state index in [0.29, 0.717) is 22.0 Å². The molecule has 0 saturated carbocycles. The summed E-state index contributed by atoms with van der Waals surface area (Å²) in [6.45, 7) is 12.7. The molecule has 1 N–H and O–H groups in total. The number of hydrogen-bond donors (Lipinski definition) is 1. The number of halogens is 1. The highest BCUT2D eigenvalue weighted by Gasteiger charge is 2.51. The molecule has 0 bridgehead atoms. The zero-order valence-corrected chi connectivity index (χ0v) is 24.8. The molecule has 3 rings (SSSR count). The van der Waals surface area contributed by atoms with Gasteiger partial charge in [0.25, 0.3) is 0 Å². The second-order valence-corrected chi connectivity index (χ2v) is 12.6. The maximum atomic E-state index is 14.2. The molecule has 1 heterocycles. The van der Waals surface area contributed by atoms with Gasteiger partial charge in [0.15, 0.2) is 18.3 Å². The number of carbonyl (C=O) groups is 3. The van der Waals surface area contributed by atoms with E-state index in [1.54, 1.807) is 46.1 Å². The fourth-order valence-electron chi connectivity index (χ4n) is 4.89. The number of esters is 1. The molecule has 0 fully saturated rings. The molecule has 9 heteroatoms. The van der Waals surface area contributed by atoms with E-state index < -0.39 is 33.7 Å². The van der Waals surface area contributed by atoms with Crippen LogP contribution in [-0.2, 0) is 23.9 Å². The Hall–Kier alpha value is -2.78. The Balaban J connectivity index is 2.28. The monoisotopic (exact) mass is 559 g/mol. The second kappa shape index (κ2) is 11.8. The zero-order chi connectivity index (χ0) is 29.2. The molecular formula is C30H40ClN2O6+. The van der Waals surface area contributed by atoms with Gasteiger partial charge >= 0.3 is 11.9 Å². The van der Waals surface area contributed by atoms with Gasteiger partial charge in [0.05, 0.1) is 12.7 Å². The molecule has 0 aromatic heterocycles. The van der Waals surface area contributed by atoms with E-state index in [0.717, 1.165) is 5.56 Å². The van der Waals surface area contributed by atoms with Crippen molar-refractivity contribution < 1.29 is 28.6 Å². The predicted octanol–water partition coefficient (Wildman–Crippen LogP) is 5.54. The summed E-state index contributed by atoms with van der Waals surface area (Å²) in [4.78, 5) is 39.9. The van der Waals surface area contributed by atoms with Gasteiger partial charge in [0, 0.05) is 28.5 Å². The van der Waals surface area contributed by atoms with E-state index in [-0.39, 0.29) is 31.3 Å². The number of Topliss-reactive ketones (excluding diaryl/α,β-unsaturated/α-hetero) is 1. The first-order valence-corrected chi connectivity index (χ1v) is 13.4. The first-order chi connectivity index (χ1) is 18.1. The normalized spacial score (nSPS) is 20.5. The van der Waals surface area contributed by atoms with Gasteiger partial charge in [0.2, 0.25) is 0 Å². The van der Waals surface area contributed by atoms with Gasteiger partial charge in [-0.3, -0.25) is 9.59 Å². The van der Waals surface area contributed by atoms with Crippen molar-refractivity contribution in [2.45, 2.75) is 72.6 Å². The number of fused-ring (bicyclic) bond motifs is 1. The topological polar surface area (TPSA) is 90.9 Å². The van der Waals surface area contributed by atoms with Crippen LogP contribution in [0.15, 0.2) is 42.5 Å². The molecule has 39 heavy (non-hydrogen) atoms. The maximum Gasteiger partial charge on any atom is 0.363 e. The summed E-state index contributed by atoms with van der Waals surface area (Å²) in [5.41, 5.74) is 4.07. The van der Waals surface area contributed by atoms with Crippen LogP contribution in [0.25, 0.3) is 0 Å². The highest BCUT2D eigenvalue weighted by atomic mass is 35.5. The van der Waals surface area contributed by atoms with Crippen LogP contribution in [0.2, 0.25) is 5.02 Å². The number of hydrogen-bond acceptors (Lipinski definition) is 7. The molecule has 0 spiro atoms. The summed E-state index contributed by atoms with van der Waals surface area (Å²) in [6, 6.07) is 11.6. The molecule has 212 valence electrons. The molecule has 1 amide bonds. The molecule has 3 atom stereocenters. The second-order valence-electron chi connectivity index (χ2n) is 12.2. The van der Waals surface area contributed by atoms with E-state index in [1.807, 2.05) is 45.0 Å². The quantitative estimate of drug-likeness (QED) is 0.335. The largest absolute Gasteiger partial charge is 0.496 e. The summed E-state index contributed by atoms with van der Waals surface area (Å²) in [5.74, 6) is -0.538. The van der Waals surface area contributed by atoms with Crippen LogP contribution in [-0.4, -0.2) is 49.6 Å². The first-order valence-electron chi connectivity index (χ1n) is 13.0. The Morgan fingerprint density at radius 1 is 1.10 bits per heavy atom. The molecule has 0 saturated heterocycles. The third-order valence-electron chi connectivity index (χ3n) is 6.17. The van der Waals surface area contributed by atoms with Crippen molar-refractivity contribution >= 4 is 34.9 Å². The number of carbonyl (C=O) groups excluding carboxylic acids is 3. The number of amides is 1. The molecule has 0 aliphatic carbocycles. The van der Waals surface area contributed by atoms with Crippen molar-refractivity contribution in [1.29, 1.82) is 0 Å². The Morgan fingerprint density at radius 2 is 1.77 bits per heavy atom. The SMILES string of the molecule is COc1ccccc1[C@@H]1OCC(=O)[N+](CC(C)(C)C)(N[C@@H](CC(C)=O)C(=O)OC(C)(C)C)c2ccc(Cl)cc21. The Bertz CT molecular complexity index is 1230. The summed E-state index contributed by atoms with van der Waals surface area (Å²) < 4.78 is 17.1. The molecular weight excluding hydrogens is 520 g/mol. The predicted molar refractivity (Wildman–Crippen MR) is 151 cm³/mol. The molecule has 2 aromatic rings. The lowest BCUT2D eigenvalue weighted by Crippen LogP contribution is -2.71. The van der Waals surface area contributed by atoms with Crippen LogP contribution in [0.4, 0.5) is 5.69 Å². The van der Waals surface area contributed by atoms with Crippen LogP contribution in [0.3, 0.4) is 0 Å². The first kappa shape index (κ1) is 30.8. The van der Waals surface area contributed by atoms with Crippen molar-refractivity contribution in [3.63, 3.8) is 0 Å². The average Bonchev–Trinajstić information content (AvgIpc) is 2.91. The summed E-state index contributed by atoms with van der Waals surface area (Å²) in [7, 11) is 1.58. The fraction of sp³-hybridized carbons (Fsp3) is 0.500. The van der Waals surface area contributed by atoms with Crippen LogP contribution in [0, 0.1) is 5.41 Å². The Kier molecular flexibility index (Phi) is 9.27. The highest BCUT2D eigenvalue weighted by Crippen LogP contribution is 2.44. The molecule has 1 unspecified atom stereocenters. The number of rotatable bonds is 8. The minimum absolute atomic E-state index is 0.147. The molecule has 1 aliphatic heterocycles. The number of ether oxygens (including phenoxy) is 3. The summed E-state index contributed by atoms with van der Waals surface area (Å²) in [5, 5.41) is 0.466. The molecule has 0 radical (unpaired) electrons. The number of methoxy groups -OCH3 is 1. The van der Waals surface area contributed by atoms with Crippen LogP contribution < -0.4 is 14.8 Å². The van der Waals surface area contributed by atoms with Crippen molar-refractivity contribution in [2.75, 3.05) is 20.3 Å².